The summed E-state index contributed by atoms with van der Waals surface area (Å²) in [4.78, 5) is 33.5. The Morgan fingerprint density at radius 3 is 2.51 bits per heavy atom. The monoisotopic (exact) mass is 532 g/mol. The minimum Gasteiger partial charge on any atom is -0.390 e. The summed E-state index contributed by atoms with van der Waals surface area (Å²) < 4.78 is 5.62. The lowest BCUT2D eigenvalue weighted by atomic mass is 9.92. The highest BCUT2D eigenvalue weighted by Gasteiger charge is 2.44. The molecular formula is C31H40N4O4. The Balaban J connectivity index is 1.19. The van der Waals surface area contributed by atoms with Crippen LogP contribution in [-0.2, 0) is 17.7 Å². The molecule has 8 nitrogen and oxygen atoms in total. The third-order valence-electron chi connectivity index (χ3n) is 9.37. The van der Waals surface area contributed by atoms with Crippen molar-refractivity contribution < 1.29 is 19.4 Å². The van der Waals surface area contributed by atoms with E-state index in [1.807, 2.05) is 30.3 Å². The fourth-order valence-electron chi connectivity index (χ4n) is 7.15. The summed E-state index contributed by atoms with van der Waals surface area (Å²) in [6.07, 6.45) is 4.13. The van der Waals surface area contributed by atoms with Crippen molar-refractivity contribution in [2.45, 2.75) is 75.9 Å². The molecule has 2 aromatic rings. The molecule has 2 saturated heterocycles. The van der Waals surface area contributed by atoms with Crippen LogP contribution in [0.25, 0.3) is 0 Å². The maximum absolute atomic E-state index is 13.7. The highest BCUT2D eigenvalue weighted by molar-refractivity contribution is 6.03. The number of hydrogen-bond acceptors (Lipinski definition) is 6. The van der Waals surface area contributed by atoms with Gasteiger partial charge in [0, 0.05) is 63.5 Å². The first-order valence-electron chi connectivity index (χ1n) is 14.5. The standard InChI is InChI=1S/C31H40N4O4/c1-3-33-12-13-34(19-29(36)27-14-20-6-4-5-7-22(20)18-32-27)31(38)26-11-8-21(15-28(26)33)30(37)35-23-9-10-24(35)17-25(16-23)39-2/h4-8,11,15,23-25,27,29,32,36H,3,9-10,12-14,16-19H2,1-2H3. The molecule has 208 valence electrons. The zero-order valence-electron chi connectivity index (χ0n) is 23.0. The molecule has 39 heavy (non-hydrogen) atoms. The first-order chi connectivity index (χ1) is 19.0. The van der Waals surface area contributed by atoms with Crippen LogP contribution in [0.2, 0.25) is 0 Å². The van der Waals surface area contributed by atoms with Gasteiger partial charge in [-0.3, -0.25) is 9.59 Å². The largest absolute Gasteiger partial charge is 0.390 e. The van der Waals surface area contributed by atoms with Crippen molar-refractivity contribution in [3.8, 4) is 0 Å². The van der Waals surface area contributed by atoms with Gasteiger partial charge in [-0.25, -0.2) is 0 Å². The van der Waals surface area contributed by atoms with E-state index >= 15 is 0 Å². The van der Waals surface area contributed by atoms with Crippen molar-refractivity contribution in [3.05, 3.63) is 64.7 Å². The van der Waals surface area contributed by atoms with Gasteiger partial charge in [0.25, 0.3) is 11.8 Å². The van der Waals surface area contributed by atoms with Crippen LogP contribution in [0.4, 0.5) is 5.69 Å². The molecule has 6 rings (SSSR count). The first-order valence-corrected chi connectivity index (χ1v) is 14.5. The van der Waals surface area contributed by atoms with Crippen LogP contribution in [0.1, 0.15) is 64.4 Å². The molecule has 0 aromatic heterocycles. The number of benzene rings is 2. The van der Waals surface area contributed by atoms with E-state index in [4.69, 9.17) is 4.74 Å². The van der Waals surface area contributed by atoms with Crippen molar-refractivity contribution in [1.29, 1.82) is 0 Å². The van der Waals surface area contributed by atoms with Gasteiger partial charge in [0.15, 0.2) is 0 Å². The Kier molecular flexibility index (Phi) is 7.35. The van der Waals surface area contributed by atoms with Gasteiger partial charge in [0.1, 0.15) is 0 Å². The van der Waals surface area contributed by atoms with Gasteiger partial charge in [-0.1, -0.05) is 24.3 Å². The van der Waals surface area contributed by atoms with Gasteiger partial charge in [-0.05, 0) is 68.4 Å². The van der Waals surface area contributed by atoms with Crippen LogP contribution in [0.3, 0.4) is 0 Å². The summed E-state index contributed by atoms with van der Waals surface area (Å²) in [6.45, 7) is 4.99. The molecule has 0 radical (unpaired) electrons. The molecule has 0 saturated carbocycles. The van der Waals surface area contributed by atoms with E-state index in [0.717, 1.165) is 50.9 Å². The molecule has 0 aliphatic carbocycles. The molecular weight excluding hydrogens is 492 g/mol. The number of amides is 2. The average Bonchev–Trinajstić information content (AvgIpc) is 3.16. The van der Waals surface area contributed by atoms with Gasteiger partial charge in [-0.15, -0.1) is 0 Å². The van der Waals surface area contributed by atoms with Crippen molar-refractivity contribution in [1.82, 2.24) is 15.1 Å². The molecule has 2 fully saturated rings. The molecule has 4 aliphatic heterocycles. The number of carbonyl (C=O) groups is 2. The number of aliphatic hydroxyl groups is 1. The smallest absolute Gasteiger partial charge is 0.256 e. The number of nitrogens with zero attached hydrogens (tertiary/aromatic N) is 3. The molecule has 2 aromatic carbocycles. The van der Waals surface area contributed by atoms with Gasteiger partial charge in [-0.2, -0.15) is 0 Å². The molecule has 4 aliphatic rings. The topological polar surface area (TPSA) is 85.3 Å². The highest BCUT2D eigenvalue weighted by atomic mass is 16.5. The lowest BCUT2D eigenvalue weighted by molar-refractivity contribution is 0.00821. The van der Waals surface area contributed by atoms with E-state index in [1.165, 1.54) is 11.1 Å². The third-order valence-corrected chi connectivity index (χ3v) is 9.37. The molecule has 2 bridgehead atoms. The van der Waals surface area contributed by atoms with E-state index in [1.54, 1.807) is 12.0 Å². The summed E-state index contributed by atoms with van der Waals surface area (Å²) in [7, 11) is 1.76. The number of ether oxygens (including phenoxy) is 1. The zero-order chi connectivity index (χ0) is 27.1. The summed E-state index contributed by atoms with van der Waals surface area (Å²) in [5, 5.41) is 14.6. The molecule has 0 spiro atoms. The van der Waals surface area contributed by atoms with Gasteiger partial charge >= 0.3 is 0 Å². The fraction of sp³-hybridized carbons (Fsp3) is 0.548. The van der Waals surface area contributed by atoms with Crippen molar-refractivity contribution in [3.63, 3.8) is 0 Å². The molecule has 4 heterocycles. The molecule has 2 N–H and O–H groups in total. The Hall–Kier alpha value is -2.94. The lowest BCUT2D eigenvalue weighted by Gasteiger charge is -2.38. The predicted molar refractivity (Wildman–Crippen MR) is 150 cm³/mol. The molecule has 2 amide bonds. The van der Waals surface area contributed by atoms with Crippen LogP contribution in [0.15, 0.2) is 42.5 Å². The number of aliphatic hydroxyl groups excluding tert-OH is 1. The van der Waals surface area contributed by atoms with Crippen molar-refractivity contribution >= 4 is 17.5 Å². The maximum atomic E-state index is 13.7. The quantitative estimate of drug-likeness (QED) is 0.595. The summed E-state index contributed by atoms with van der Waals surface area (Å²) in [5.41, 5.74) is 4.57. The van der Waals surface area contributed by atoms with E-state index in [9.17, 15) is 14.7 Å². The molecule has 4 atom stereocenters. The minimum atomic E-state index is -0.676. The molecule has 8 heteroatoms. The van der Waals surface area contributed by atoms with Crippen LogP contribution < -0.4 is 10.2 Å². The number of fused-ring (bicyclic) bond motifs is 4. The number of piperidine rings is 1. The number of carbonyl (C=O) groups excluding carboxylic acids is 2. The number of anilines is 1. The maximum Gasteiger partial charge on any atom is 0.256 e. The number of nitrogens with one attached hydrogen (secondary N) is 1. The first kappa shape index (κ1) is 26.3. The van der Waals surface area contributed by atoms with Gasteiger partial charge < -0.3 is 29.9 Å². The summed E-state index contributed by atoms with van der Waals surface area (Å²) in [5.74, 6) is -0.0280. The fourth-order valence-corrected chi connectivity index (χ4v) is 7.15. The Morgan fingerprint density at radius 2 is 1.79 bits per heavy atom. The van der Waals surface area contributed by atoms with Gasteiger partial charge in [0.2, 0.25) is 0 Å². The number of rotatable bonds is 6. The predicted octanol–water partition coefficient (Wildman–Crippen LogP) is 2.83. The average molecular weight is 533 g/mol. The number of β-amino-alcohol motifs (C(OH)–C–C–N with tert-alkyl or cyclic N) is 1. The van der Waals surface area contributed by atoms with Crippen molar-refractivity contribution in [2.24, 2.45) is 0 Å². The van der Waals surface area contributed by atoms with E-state index < -0.39 is 6.10 Å². The number of likely N-dealkylation sites (N-methyl/N-ethyl adjacent to an activating group) is 1. The van der Waals surface area contributed by atoms with Crippen LogP contribution in [0, 0.1) is 0 Å². The Morgan fingerprint density at radius 1 is 1.08 bits per heavy atom. The van der Waals surface area contributed by atoms with Crippen LogP contribution >= 0.6 is 0 Å². The second kappa shape index (κ2) is 10.9. The number of methoxy groups -OCH3 is 1. The van der Waals surface area contributed by atoms with Crippen LogP contribution in [-0.4, -0.2) is 90.3 Å². The minimum absolute atomic E-state index is 0.0588. The second-order valence-electron chi connectivity index (χ2n) is 11.5. The van der Waals surface area contributed by atoms with Crippen LogP contribution in [0.5, 0.6) is 0 Å². The highest BCUT2D eigenvalue weighted by Crippen LogP contribution is 2.38. The summed E-state index contributed by atoms with van der Waals surface area (Å²) in [6, 6.07) is 14.2. The second-order valence-corrected chi connectivity index (χ2v) is 11.5. The van der Waals surface area contributed by atoms with E-state index in [2.05, 4.69) is 34.2 Å². The van der Waals surface area contributed by atoms with E-state index in [-0.39, 0.29) is 42.6 Å². The third kappa shape index (κ3) is 4.94. The normalized spacial score (nSPS) is 27.2. The summed E-state index contributed by atoms with van der Waals surface area (Å²) >= 11 is 0. The lowest BCUT2D eigenvalue weighted by Crippen LogP contribution is -2.50. The van der Waals surface area contributed by atoms with Gasteiger partial charge in [0.05, 0.1) is 23.5 Å². The van der Waals surface area contributed by atoms with E-state index in [0.29, 0.717) is 24.2 Å². The zero-order valence-corrected chi connectivity index (χ0v) is 23.0. The number of hydrogen-bond donors (Lipinski definition) is 2. The Bertz CT molecular complexity index is 1220. The Labute approximate surface area is 230 Å². The SMILES string of the molecule is CCN1CCN(CC(O)C2Cc3ccccc3CN2)C(=O)c2ccc(C(=O)N3C4CCC3CC(OC)C4)cc21. The van der Waals surface area contributed by atoms with Crippen molar-refractivity contribution in [2.75, 3.05) is 38.2 Å². The molecule has 4 unspecified atom stereocenters.